The van der Waals surface area contributed by atoms with Gasteiger partial charge in [-0.3, -0.25) is 4.90 Å². The van der Waals surface area contributed by atoms with Crippen LogP contribution in [0.4, 0.5) is 0 Å². The second kappa shape index (κ2) is 5.46. The van der Waals surface area contributed by atoms with Crippen LogP contribution >= 0.6 is 0 Å². The topological polar surface area (TPSA) is 40.2 Å². The molecule has 5 heteroatoms. The van der Waals surface area contributed by atoms with Crippen molar-refractivity contribution in [1.82, 2.24) is 4.90 Å². The summed E-state index contributed by atoms with van der Waals surface area (Å²) in [6.45, 7) is 1.65. The van der Waals surface area contributed by atoms with Crippen LogP contribution in [0.2, 0.25) is 0 Å². The zero-order valence-electron chi connectivity index (χ0n) is 11.2. The van der Waals surface area contributed by atoms with Crippen LogP contribution in [-0.2, 0) is 4.74 Å². The lowest BCUT2D eigenvalue weighted by Gasteiger charge is -2.21. The minimum absolute atomic E-state index is 0.0568. The monoisotopic (exact) mass is 253 g/mol. The molecule has 1 atom stereocenters. The van der Waals surface area contributed by atoms with Crippen LogP contribution in [-0.4, -0.2) is 46.4 Å². The minimum Gasteiger partial charge on any atom is -0.493 e. The van der Waals surface area contributed by atoms with Crippen molar-refractivity contribution in [2.75, 3.05) is 41.5 Å². The molecule has 18 heavy (non-hydrogen) atoms. The summed E-state index contributed by atoms with van der Waals surface area (Å²) in [5.74, 6) is 1.90. The molecule has 0 aliphatic carbocycles. The quantitative estimate of drug-likeness (QED) is 0.816. The molecule has 0 radical (unpaired) electrons. The molecule has 1 unspecified atom stereocenters. The molecule has 0 bridgehead atoms. The van der Waals surface area contributed by atoms with Crippen LogP contribution in [0, 0.1) is 0 Å². The fraction of sp³-hybridized carbons (Fsp3) is 0.538. The number of rotatable bonds is 4. The van der Waals surface area contributed by atoms with E-state index in [0.29, 0.717) is 17.2 Å². The van der Waals surface area contributed by atoms with E-state index in [0.717, 1.165) is 18.7 Å². The van der Waals surface area contributed by atoms with Gasteiger partial charge in [-0.25, -0.2) is 0 Å². The molecule has 1 aromatic carbocycles. The van der Waals surface area contributed by atoms with E-state index < -0.39 is 0 Å². The molecule has 1 saturated heterocycles. The Morgan fingerprint density at radius 1 is 1.11 bits per heavy atom. The third-order valence-corrected chi connectivity index (χ3v) is 3.09. The van der Waals surface area contributed by atoms with Gasteiger partial charge in [0, 0.05) is 12.1 Å². The standard InChI is InChI=1S/C13H19NO4/c1-14-5-6-18-13(14)9-7-10(15-2)12(17-4)11(8-9)16-3/h7-8,13H,5-6H2,1-4H3. The molecule has 1 aliphatic heterocycles. The summed E-state index contributed by atoms with van der Waals surface area (Å²) < 4.78 is 21.7. The van der Waals surface area contributed by atoms with Crippen molar-refractivity contribution in [2.24, 2.45) is 0 Å². The molecule has 1 fully saturated rings. The van der Waals surface area contributed by atoms with Gasteiger partial charge in [0.2, 0.25) is 5.75 Å². The van der Waals surface area contributed by atoms with Gasteiger partial charge < -0.3 is 18.9 Å². The largest absolute Gasteiger partial charge is 0.493 e. The third-order valence-electron chi connectivity index (χ3n) is 3.09. The average molecular weight is 253 g/mol. The highest BCUT2D eigenvalue weighted by Crippen LogP contribution is 2.41. The predicted octanol–water partition coefficient (Wildman–Crippen LogP) is 1.67. The lowest BCUT2D eigenvalue weighted by molar-refractivity contribution is 0.0449. The molecule has 1 aromatic rings. The van der Waals surface area contributed by atoms with Crippen molar-refractivity contribution >= 4 is 0 Å². The number of hydrogen-bond donors (Lipinski definition) is 0. The van der Waals surface area contributed by atoms with Crippen LogP contribution in [0.3, 0.4) is 0 Å². The van der Waals surface area contributed by atoms with Gasteiger partial charge in [0.05, 0.1) is 27.9 Å². The van der Waals surface area contributed by atoms with Crippen LogP contribution in [0.25, 0.3) is 0 Å². The fourth-order valence-electron chi connectivity index (χ4n) is 2.15. The van der Waals surface area contributed by atoms with Gasteiger partial charge in [0.1, 0.15) is 6.23 Å². The van der Waals surface area contributed by atoms with E-state index in [2.05, 4.69) is 4.90 Å². The number of likely N-dealkylation sites (N-methyl/N-ethyl adjacent to an activating group) is 1. The molecule has 5 nitrogen and oxygen atoms in total. The maximum absolute atomic E-state index is 5.70. The van der Waals surface area contributed by atoms with Gasteiger partial charge in [-0.2, -0.15) is 0 Å². The van der Waals surface area contributed by atoms with E-state index in [4.69, 9.17) is 18.9 Å². The molecule has 0 aromatic heterocycles. The summed E-state index contributed by atoms with van der Waals surface area (Å²) in [6, 6.07) is 3.85. The highest BCUT2D eigenvalue weighted by atomic mass is 16.5. The Bertz CT molecular complexity index is 396. The normalized spacial score (nSPS) is 19.9. The van der Waals surface area contributed by atoms with Crippen LogP contribution in [0.1, 0.15) is 11.8 Å². The van der Waals surface area contributed by atoms with Crippen molar-refractivity contribution < 1.29 is 18.9 Å². The average Bonchev–Trinajstić information content (AvgIpc) is 2.83. The van der Waals surface area contributed by atoms with Crippen molar-refractivity contribution in [3.8, 4) is 17.2 Å². The van der Waals surface area contributed by atoms with E-state index in [1.54, 1.807) is 21.3 Å². The second-order valence-corrected chi connectivity index (χ2v) is 4.16. The molecule has 2 rings (SSSR count). The number of nitrogens with zero attached hydrogens (tertiary/aromatic N) is 1. The van der Waals surface area contributed by atoms with Crippen LogP contribution < -0.4 is 14.2 Å². The number of ether oxygens (including phenoxy) is 4. The van der Waals surface area contributed by atoms with Gasteiger partial charge in [-0.15, -0.1) is 0 Å². The number of methoxy groups -OCH3 is 3. The Labute approximate surface area is 107 Å². The summed E-state index contributed by atoms with van der Waals surface area (Å²) in [5, 5.41) is 0. The van der Waals surface area contributed by atoms with Crippen LogP contribution in [0.5, 0.6) is 17.2 Å². The van der Waals surface area contributed by atoms with Gasteiger partial charge in [-0.1, -0.05) is 0 Å². The molecular weight excluding hydrogens is 234 g/mol. The van der Waals surface area contributed by atoms with E-state index in [1.807, 2.05) is 19.2 Å². The fourth-order valence-corrected chi connectivity index (χ4v) is 2.15. The maximum Gasteiger partial charge on any atom is 0.203 e. The van der Waals surface area contributed by atoms with Gasteiger partial charge in [0.15, 0.2) is 11.5 Å². The van der Waals surface area contributed by atoms with Gasteiger partial charge in [-0.05, 0) is 19.2 Å². The summed E-state index contributed by atoms with van der Waals surface area (Å²) in [6.07, 6.45) is -0.0568. The highest BCUT2D eigenvalue weighted by molar-refractivity contribution is 5.54. The third kappa shape index (κ3) is 2.23. The predicted molar refractivity (Wildman–Crippen MR) is 67.4 cm³/mol. The van der Waals surface area contributed by atoms with E-state index in [1.165, 1.54) is 0 Å². The summed E-state index contributed by atoms with van der Waals surface area (Å²) >= 11 is 0. The maximum atomic E-state index is 5.70. The van der Waals surface area contributed by atoms with E-state index in [9.17, 15) is 0 Å². The van der Waals surface area contributed by atoms with E-state index in [-0.39, 0.29) is 6.23 Å². The first-order valence-electron chi connectivity index (χ1n) is 5.83. The summed E-state index contributed by atoms with van der Waals surface area (Å²) in [4.78, 5) is 2.14. The number of hydrogen-bond acceptors (Lipinski definition) is 5. The molecule has 1 aliphatic rings. The highest BCUT2D eigenvalue weighted by Gasteiger charge is 2.26. The van der Waals surface area contributed by atoms with Crippen molar-refractivity contribution in [2.45, 2.75) is 6.23 Å². The Morgan fingerprint density at radius 3 is 2.11 bits per heavy atom. The zero-order valence-corrected chi connectivity index (χ0v) is 11.2. The SMILES string of the molecule is COc1cc(C2OCCN2C)cc(OC)c1OC. The molecular formula is C13H19NO4. The smallest absolute Gasteiger partial charge is 0.203 e. The molecule has 0 N–H and O–H groups in total. The van der Waals surface area contributed by atoms with Crippen molar-refractivity contribution in [3.05, 3.63) is 17.7 Å². The van der Waals surface area contributed by atoms with Gasteiger partial charge in [0.25, 0.3) is 0 Å². The lowest BCUT2D eigenvalue weighted by atomic mass is 10.1. The van der Waals surface area contributed by atoms with Crippen LogP contribution in [0.15, 0.2) is 12.1 Å². The summed E-state index contributed by atoms with van der Waals surface area (Å²) in [7, 11) is 6.85. The minimum atomic E-state index is -0.0568. The van der Waals surface area contributed by atoms with Crippen molar-refractivity contribution in [3.63, 3.8) is 0 Å². The Hall–Kier alpha value is -1.46. The molecule has 0 saturated carbocycles. The molecule has 0 spiro atoms. The molecule has 1 heterocycles. The lowest BCUT2D eigenvalue weighted by Crippen LogP contribution is -2.18. The number of benzene rings is 1. The van der Waals surface area contributed by atoms with Gasteiger partial charge >= 0.3 is 0 Å². The Morgan fingerprint density at radius 2 is 1.72 bits per heavy atom. The van der Waals surface area contributed by atoms with E-state index >= 15 is 0 Å². The van der Waals surface area contributed by atoms with Crippen molar-refractivity contribution in [1.29, 1.82) is 0 Å². The second-order valence-electron chi connectivity index (χ2n) is 4.16. The first-order valence-corrected chi connectivity index (χ1v) is 5.83. The molecule has 100 valence electrons. The Kier molecular flexibility index (Phi) is 3.93. The first-order chi connectivity index (χ1) is 8.71. The summed E-state index contributed by atoms with van der Waals surface area (Å²) in [5.41, 5.74) is 1.00. The molecule has 0 amide bonds. The Balaban J connectivity index is 2.42. The first kappa shape index (κ1) is 13.0. The zero-order chi connectivity index (χ0) is 13.1.